The molecule has 1 saturated heterocycles. The molecular formula is C14H21NO4. The zero-order valence-corrected chi connectivity index (χ0v) is 11.1. The molecule has 106 valence electrons. The van der Waals surface area contributed by atoms with Gasteiger partial charge in [-0.05, 0) is 25.0 Å². The van der Waals surface area contributed by atoms with E-state index in [0.717, 1.165) is 18.6 Å². The van der Waals surface area contributed by atoms with Gasteiger partial charge in [0.25, 0.3) is 0 Å². The van der Waals surface area contributed by atoms with E-state index < -0.39 is 0 Å². The summed E-state index contributed by atoms with van der Waals surface area (Å²) in [6, 6.07) is 3.68. The molecule has 1 fully saturated rings. The minimum Gasteiger partial charge on any atom is -0.469 e. The summed E-state index contributed by atoms with van der Waals surface area (Å²) < 4.78 is 10.5. The Kier molecular flexibility index (Phi) is 4.99. The summed E-state index contributed by atoms with van der Waals surface area (Å²) in [4.78, 5) is 11.8. The Balaban J connectivity index is 1.72. The number of nitrogens with one attached hydrogen (secondary N) is 1. The number of aliphatic hydroxyl groups excluding tert-OH is 1. The van der Waals surface area contributed by atoms with Gasteiger partial charge in [0.05, 0.1) is 12.9 Å². The summed E-state index contributed by atoms with van der Waals surface area (Å²) in [6.07, 6.45) is 4.21. The molecule has 0 spiro atoms. The van der Waals surface area contributed by atoms with Crippen LogP contribution in [-0.4, -0.2) is 37.4 Å². The lowest BCUT2D eigenvalue weighted by molar-refractivity contribution is -0.122. The number of hydrogen-bond donors (Lipinski definition) is 2. The van der Waals surface area contributed by atoms with E-state index in [0.29, 0.717) is 32.6 Å². The molecule has 0 unspecified atom stereocenters. The van der Waals surface area contributed by atoms with Crippen molar-refractivity contribution >= 4 is 5.91 Å². The fourth-order valence-electron chi connectivity index (χ4n) is 2.26. The van der Waals surface area contributed by atoms with Crippen molar-refractivity contribution < 1.29 is 19.1 Å². The highest BCUT2D eigenvalue weighted by Gasteiger charge is 2.32. The molecule has 5 heteroatoms. The smallest absolute Gasteiger partial charge is 0.220 e. The molecule has 5 nitrogen and oxygen atoms in total. The Bertz CT molecular complexity index is 382. The molecule has 2 N–H and O–H groups in total. The van der Waals surface area contributed by atoms with Crippen LogP contribution in [0.1, 0.15) is 25.0 Å². The third kappa shape index (κ3) is 4.08. The van der Waals surface area contributed by atoms with E-state index in [9.17, 15) is 9.90 Å². The Morgan fingerprint density at radius 1 is 1.42 bits per heavy atom. The number of aryl methyl sites for hydroxylation is 1. The predicted molar refractivity (Wildman–Crippen MR) is 69.6 cm³/mol. The maximum Gasteiger partial charge on any atom is 0.220 e. The number of carbonyl (C=O) groups excluding carboxylic acids is 1. The lowest BCUT2D eigenvalue weighted by Crippen LogP contribution is -2.43. The normalized spacial score (nSPS) is 18.2. The fourth-order valence-corrected chi connectivity index (χ4v) is 2.26. The van der Waals surface area contributed by atoms with Gasteiger partial charge in [0.1, 0.15) is 5.76 Å². The van der Waals surface area contributed by atoms with E-state index >= 15 is 0 Å². The third-order valence-corrected chi connectivity index (χ3v) is 3.73. The zero-order valence-electron chi connectivity index (χ0n) is 11.1. The van der Waals surface area contributed by atoms with Crippen molar-refractivity contribution in [2.24, 2.45) is 5.41 Å². The maximum absolute atomic E-state index is 11.8. The molecule has 2 heterocycles. The molecule has 0 radical (unpaired) electrons. The molecule has 1 aliphatic heterocycles. The molecule has 1 aliphatic rings. The number of rotatable bonds is 6. The molecule has 0 aromatic carbocycles. The average Bonchev–Trinajstić information content (AvgIpc) is 2.97. The Morgan fingerprint density at radius 3 is 2.84 bits per heavy atom. The van der Waals surface area contributed by atoms with E-state index in [2.05, 4.69) is 5.32 Å². The van der Waals surface area contributed by atoms with Crippen LogP contribution >= 0.6 is 0 Å². The molecule has 1 aromatic rings. The lowest BCUT2D eigenvalue weighted by Gasteiger charge is -2.35. The Morgan fingerprint density at radius 2 is 2.21 bits per heavy atom. The number of carbonyl (C=O) groups is 1. The van der Waals surface area contributed by atoms with Crippen molar-refractivity contribution in [2.75, 3.05) is 26.4 Å². The molecule has 2 rings (SSSR count). The number of amides is 1. The average molecular weight is 267 g/mol. The van der Waals surface area contributed by atoms with Crippen LogP contribution in [0.5, 0.6) is 0 Å². The fraction of sp³-hybridized carbons (Fsp3) is 0.643. The largest absolute Gasteiger partial charge is 0.469 e. The van der Waals surface area contributed by atoms with Gasteiger partial charge < -0.3 is 19.6 Å². The number of furan rings is 1. The van der Waals surface area contributed by atoms with Crippen molar-refractivity contribution in [1.82, 2.24) is 5.32 Å². The van der Waals surface area contributed by atoms with Gasteiger partial charge in [0.2, 0.25) is 5.91 Å². The summed E-state index contributed by atoms with van der Waals surface area (Å²) >= 11 is 0. The second-order valence-electron chi connectivity index (χ2n) is 5.13. The van der Waals surface area contributed by atoms with Crippen molar-refractivity contribution in [3.05, 3.63) is 24.2 Å². The quantitative estimate of drug-likeness (QED) is 0.810. The highest BCUT2D eigenvalue weighted by molar-refractivity contribution is 5.76. The number of ether oxygens (including phenoxy) is 1. The Labute approximate surface area is 112 Å². The first-order valence-corrected chi connectivity index (χ1v) is 6.72. The topological polar surface area (TPSA) is 71.7 Å². The lowest BCUT2D eigenvalue weighted by atomic mass is 9.81. The van der Waals surface area contributed by atoms with Gasteiger partial charge in [0.15, 0.2) is 0 Å². The van der Waals surface area contributed by atoms with Gasteiger partial charge >= 0.3 is 0 Å². The molecular weight excluding hydrogens is 246 g/mol. The predicted octanol–water partition coefficient (Wildman–Crippen LogP) is 1.12. The van der Waals surface area contributed by atoms with E-state index in [1.807, 2.05) is 12.1 Å². The van der Waals surface area contributed by atoms with Gasteiger partial charge in [-0.25, -0.2) is 0 Å². The first-order chi connectivity index (χ1) is 9.24. The van der Waals surface area contributed by atoms with Crippen LogP contribution in [0.15, 0.2) is 22.8 Å². The molecule has 0 aliphatic carbocycles. The van der Waals surface area contributed by atoms with E-state index in [1.165, 1.54) is 0 Å². The van der Waals surface area contributed by atoms with Crippen LogP contribution in [0.25, 0.3) is 0 Å². The van der Waals surface area contributed by atoms with Crippen LogP contribution in [-0.2, 0) is 16.0 Å². The van der Waals surface area contributed by atoms with E-state index in [1.54, 1.807) is 6.26 Å². The summed E-state index contributed by atoms with van der Waals surface area (Å²) in [6.45, 7) is 1.92. The monoisotopic (exact) mass is 267 g/mol. The second-order valence-corrected chi connectivity index (χ2v) is 5.13. The highest BCUT2D eigenvalue weighted by Crippen LogP contribution is 2.28. The number of aliphatic hydroxyl groups is 1. The van der Waals surface area contributed by atoms with Gasteiger partial charge in [-0.3, -0.25) is 4.79 Å². The number of hydrogen-bond acceptors (Lipinski definition) is 4. The van der Waals surface area contributed by atoms with Gasteiger partial charge in [0, 0.05) is 38.0 Å². The van der Waals surface area contributed by atoms with E-state index in [-0.39, 0.29) is 17.9 Å². The first kappa shape index (κ1) is 14.1. The minimum absolute atomic E-state index is 0.00397. The van der Waals surface area contributed by atoms with Gasteiger partial charge in [-0.15, -0.1) is 0 Å². The van der Waals surface area contributed by atoms with Gasteiger partial charge in [-0.2, -0.15) is 0 Å². The standard InChI is InChI=1S/C14H21NO4/c16-11-14(5-8-18-9-6-14)10-15-13(17)4-3-12-2-1-7-19-12/h1-2,7,16H,3-6,8-11H2,(H,15,17). The molecule has 1 aromatic heterocycles. The molecule has 0 bridgehead atoms. The first-order valence-electron chi connectivity index (χ1n) is 6.72. The summed E-state index contributed by atoms with van der Waals surface area (Å²) in [5, 5.41) is 12.4. The van der Waals surface area contributed by atoms with E-state index in [4.69, 9.17) is 9.15 Å². The summed E-state index contributed by atoms with van der Waals surface area (Å²) in [5.74, 6) is 0.814. The Hall–Kier alpha value is -1.33. The van der Waals surface area contributed by atoms with Gasteiger partial charge in [-0.1, -0.05) is 0 Å². The molecule has 19 heavy (non-hydrogen) atoms. The van der Waals surface area contributed by atoms with Crippen molar-refractivity contribution in [3.8, 4) is 0 Å². The van der Waals surface area contributed by atoms with Crippen LogP contribution in [0.4, 0.5) is 0 Å². The van der Waals surface area contributed by atoms with Crippen molar-refractivity contribution in [3.63, 3.8) is 0 Å². The molecule has 0 atom stereocenters. The van der Waals surface area contributed by atoms with Crippen LogP contribution in [0.3, 0.4) is 0 Å². The van der Waals surface area contributed by atoms with Crippen molar-refractivity contribution in [2.45, 2.75) is 25.7 Å². The van der Waals surface area contributed by atoms with Crippen LogP contribution in [0, 0.1) is 5.41 Å². The summed E-state index contributed by atoms with van der Waals surface area (Å²) in [5.41, 5.74) is -0.210. The SMILES string of the molecule is O=C(CCc1ccco1)NCC1(CO)CCOCC1. The maximum atomic E-state index is 11.8. The summed E-state index contributed by atoms with van der Waals surface area (Å²) in [7, 11) is 0. The minimum atomic E-state index is -0.210. The highest BCUT2D eigenvalue weighted by atomic mass is 16.5. The molecule has 0 saturated carbocycles. The van der Waals surface area contributed by atoms with Crippen molar-refractivity contribution in [1.29, 1.82) is 0 Å². The third-order valence-electron chi connectivity index (χ3n) is 3.73. The van der Waals surface area contributed by atoms with Crippen LogP contribution < -0.4 is 5.32 Å². The zero-order chi connectivity index (χ0) is 13.6. The second kappa shape index (κ2) is 6.73. The van der Waals surface area contributed by atoms with Crippen LogP contribution in [0.2, 0.25) is 0 Å². The molecule has 1 amide bonds.